The maximum absolute atomic E-state index is 12.2. The molecule has 2 aromatic rings. The van der Waals surface area contributed by atoms with Crippen LogP contribution in [-0.2, 0) is 13.5 Å². The molecular weight excluding hydrogens is 288 g/mol. The van der Waals surface area contributed by atoms with Gasteiger partial charge in [-0.15, -0.1) is 5.10 Å². The summed E-state index contributed by atoms with van der Waals surface area (Å²) in [5, 5.41) is 16.3. The van der Waals surface area contributed by atoms with Gasteiger partial charge in [-0.3, -0.25) is 19.2 Å². The van der Waals surface area contributed by atoms with Crippen LogP contribution in [0.4, 0.5) is 0 Å². The van der Waals surface area contributed by atoms with E-state index in [0.29, 0.717) is 16.8 Å². The van der Waals surface area contributed by atoms with Crippen molar-refractivity contribution in [2.45, 2.75) is 6.42 Å². The Morgan fingerprint density at radius 2 is 1.77 bits per heavy atom. The summed E-state index contributed by atoms with van der Waals surface area (Å²) in [5.74, 6) is -1.93. The SMILES string of the molecule is Cn1nnc(C(=O)O)c1CCN1C(=O)c2ccccc2C1=O. The van der Waals surface area contributed by atoms with Gasteiger partial charge in [0.1, 0.15) is 0 Å². The van der Waals surface area contributed by atoms with Crippen molar-refractivity contribution < 1.29 is 19.5 Å². The Labute approximate surface area is 125 Å². The molecule has 0 fully saturated rings. The van der Waals surface area contributed by atoms with Crippen molar-refractivity contribution in [2.75, 3.05) is 6.54 Å². The number of rotatable bonds is 4. The number of aryl methyl sites for hydroxylation is 1. The highest BCUT2D eigenvalue weighted by Gasteiger charge is 2.35. The molecule has 1 aliphatic rings. The lowest BCUT2D eigenvalue weighted by atomic mass is 10.1. The molecule has 8 heteroatoms. The standard InChI is InChI=1S/C14H12N4O4/c1-17-10(11(14(21)22)15-16-17)6-7-18-12(19)8-4-2-3-5-9(8)13(18)20/h2-5H,6-7H2,1H3,(H,21,22). The Morgan fingerprint density at radius 1 is 1.18 bits per heavy atom. The van der Waals surface area contributed by atoms with Gasteiger partial charge in [-0.2, -0.15) is 0 Å². The molecule has 0 saturated carbocycles. The Bertz CT molecular complexity index is 761. The predicted molar refractivity (Wildman–Crippen MR) is 73.5 cm³/mol. The van der Waals surface area contributed by atoms with E-state index in [9.17, 15) is 14.4 Å². The number of aromatic nitrogens is 3. The first-order valence-electron chi connectivity index (χ1n) is 6.57. The van der Waals surface area contributed by atoms with Crippen molar-refractivity contribution in [3.05, 3.63) is 46.8 Å². The molecule has 3 rings (SSSR count). The molecule has 2 amide bonds. The summed E-state index contributed by atoms with van der Waals surface area (Å²) in [6.45, 7) is 0.0772. The van der Waals surface area contributed by atoms with Gasteiger partial charge in [0.25, 0.3) is 11.8 Å². The smallest absolute Gasteiger partial charge is 0.358 e. The number of aromatic carboxylic acids is 1. The number of hydrogen-bond acceptors (Lipinski definition) is 5. The van der Waals surface area contributed by atoms with Gasteiger partial charge < -0.3 is 5.11 Å². The van der Waals surface area contributed by atoms with Crippen molar-refractivity contribution >= 4 is 17.8 Å². The van der Waals surface area contributed by atoms with E-state index in [2.05, 4.69) is 10.3 Å². The number of carboxylic acids is 1. The summed E-state index contributed by atoms with van der Waals surface area (Å²) in [6, 6.07) is 6.59. The molecule has 0 spiro atoms. The molecule has 0 bridgehead atoms. The fraction of sp³-hybridized carbons (Fsp3) is 0.214. The van der Waals surface area contributed by atoms with Gasteiger partial charge in [0.2, 0.25) is 0 Å². The monoisotopic (exact) mass is 300 g/mol. The second-order valence-corrected chi connectivity index (χ2v) is 4.87. The molecule has 1 aliphatic heterocycles. The summed E-state index contributed by atoms with van der Waals surface area (Å²) in [7, 11) is 1.57. The number of hydrogen-bond donors (Lipinski definition) is 1. The Kier molecular flexibility index (Phi) is 3.21. The van der Waals surface area contributed by atoms with Crippen molar-refractivity contribution in [2.24, 2.45) is 7.05 Å². The van der Waals surface area contributed by atoms with Crippen LogP contribution in [-0.4, -0.2) is 49.3 Å². The van der Waals surface area contributed by atoms with Gasteiger partial charge in [0.15, 0.2) is 5.69 Å². The number of nitrogens with zero attached hydrogens (tertiary/aromatic N) is 4. The maximum atomic E-state index is 12.2. The van der Waals surface area contributed by atoms with Crippen LogP contribution in [0.15, 0.2) is 24.3 Å². The zero-order chi connectivity index (χ0) is 15.9. The summed E-state index contributed by atoms with van der Waals surface area (Å²) >= 11 is 0. The zero-order valence-corrected chi connectivity index (χ0v) is 11.7. The highest BCUT2D eigenvalue weighted by atomic mass is 16.4. The average Bonchev–Trinajstić information content (AvgIpc) is 2.98. The molecule has 0 atom stereocenters. The summed E-state index contributed by atoms with van der Waals surface area (Å²) in [4.78, 5) is 36.6. The first-order chi connectivity index (χ1) is 10.5. The van der Waals surface area contributed by atoms with Gasteiger partial charge >= 0.3 is 5.97 Å². The van der Waals surface area contributed by atoms with Crippen LogP contribution in [0.3, 0.4) is 0 Å². The second-order valence-electron chi connectivity index (χ2n) is 4.87. The van der Waals surface area contributed by atoms with E-state index in [1.165, 1.54) is 4.68 Å². The normalized spacial score (nSPS) is 13.6. The van der Waals surface area contributed by atoms with Gasteiger partial charge in [-0.05, 0) is 12.1 Å². The molecule has 2 heterocycles. The predicted octanol–water partition coefficient (Wildman–Crippen LogP) is 0.352. The molecule has 1 aromatic carbocycles. The molecule has 1 aromatic heterocycles. The summed E-state index contributed by atoms with van der Waals surface area (Å²) in [6.07, 6.45) is 0.177. The van der Waals surface area contributed by atoms with E-state index in [1.807, 2.05) is 0 Å². The second kappa shape index (κ2) is 5.06. The Hall–Kier alpha value is -3.03. The van der Waals surface area contributed by atoms with Crippen LogP contribution in [0.1, 0.15) is 36.9 Å². The maximum Gasteiger partial charge on any atom is 0.358 e. The first-order valence-corrected chi connectivity index (χ1v) is 6.57. The fourth-order valence-electron chi connectivity index (χ4n) is 2.48. The molecule has 0 aliphatic carbocycles. The average molecular weight is 300 g/mol. The van der Waals surface area contributed by atoms with Crippen LogP contribution >= 0.6 is 0 Å². The summed E-state index contributed by atoms with van der Waals surface area (Å²) in [5.41, 5.74) is 0.936. The minimum Gasteiger partial charge on any atom is -0.476 e. The number of carbonyl (C=O) groups is 3. The Balaban J connectivity index is 1.82. The molecule has 0 unspecified atom stereocenters. The van der Waals surface area contributed by atoms with Crippen molar-refractivity contribution in [3.8, 4) is 0 Å². The van der Waals surface area contributed by atoms with Crippen molar-refractivity contribution in [1.29, 1.82) is 0 Å². The molecule has 0 saturated heterocycles. The van der Waals surface area contributed by atoms with Crippen LogP contribution in [0, 0.1) is 0 Å². The van der Waals surface area contributed by atoms with Crippen LogP contribution in [0.5, 0.6) is 0 Å². The van der Waals surface area contributed by atoms with E-state index >= 15 is 0 Å². The molecule has 22 heavy (non-hydrogen) atoms. The third-order valence-corrected chi connectivity index (χ3v) is 3.60. The van der Waals surface area contributed by atoms with Crippen LogP contribution in [0.2, 0.25) is 0 Å². The van der Waals surface area contributed by atoms with Crippen LogP contribution in [0.25, 0.3) is 0 Å². The van der Waals surface area contributed by atoms with Crippen molar-refractivity contribution in [1.82, 2.24) is 19.9 Å². The highest BCUT2D eigenvalue weighted by molar-refractivity contribution is 6.21. The first kappa shape index (κ1) is 13.9. The number of amides is 2. The van der Waals surface area contributed by atoms with Gasteiger partial charge in [-0.1, -0.05) is 17.3 Å². The number of benzene rings is 1. The largest absolute Gasteiger partial charge is 0.476 e. The van der Waals surface area contributed by atoms with E-state index in [4.69, 9.17) is 5.11 Å². The van der Waals surface area contributed by atoms with Crippen LogP contribution < -0.4 is 0 Å². The summed E-state index contributed by atoms with van der Waals surface area (Å²) < 4.78 is 1.33. The zero-order valence-electron chi connectivity index (χ0n) is 11.7. The van der Waals surface area contributed by atoms with Gasteiger partial charge in [0.05, 0.1) is 16.8 Å². The van der Waals surface area contributed by atoms with Gasteiger partial charge in [0, 0.05) is 20.0 Å². The lowest BCUT2D eigenvalue weighted by Gasteiger charge is -2.13. The van der Waals surface area contributed by atoms with E-state index in [-0.39, 0.29) is 30.5 Å². The van der Waals surface area contributed by atoms with Gasteiger partial charge in [-0.25, -0.2) is 4.79 Å². The van der Waals surface area contributed by atoms with Crippen molar-refractivity contribution in [3.63, 3.8) is 0 Å². The highest BCUT2D eigenvalue weighted by Crippen LogP contribution is 2.22. The number of fused-ring (bicyclic) bond motifs is 1. The number of imide groups is 1. The van der Waals surface area contributed by atoms with E-state index in [1.54, 1.807) is 31.3 Å². The minimum absolute atomic E-state index is 0.0772. The third kappa shape index (κ3) is 2.05. The number of carbonyl (C=O) groups excluding carboxylic acids is 2. The molecule has 8 nitrogen and oxygen atoms in total. The van der Waals surface area contributed by atoms with E-state index in [0.717, 1.165) is 4.90 Å². The fourth-order valence-corrected chi connectivity index (χ4v) is 2.48. The molecule has 1 N–H and O–H groups in total. The van der Waals surface area contributed by atoms with E-state index < -0.39 is 5.97 Å². The Morgan fingerprint density at radius 3 is 2.32 bits per heavy atom. The molecule has 112 valence electrons. The lowest BCUT2D eigenvalue weighted by molar-refractivity contribution is 0.0655. The molecular formula is C14H12N4O4. The lowest BCUT2D eigenvalue weighted by Crippen LogP contribution is -2.32. The third-order valence-electron chi connectivity index (χ3n) is 3.60. The quantitative estimate of drug-likeness (QED) is 0.817. The topological polar surface area (TPSA) is 105 Å². The number of carboxylic acid groups (broad SMARTS) is 1. The molecule has 0 radical (unpaired) electrons. The minimum atomic E-state index is -1.19.